The van der Waals surface area contributed by atoms with Crippen LogP contribution in [0.1, 0.15) is 0 Å². The normalized spacial score (nSPS) is 53.3. The number of aliphatic carboxylic acids is 1. The quantitative estimate of drug-likeness (QED) is 0.155. The number of hydrogen-bond acceptors (Lipinski definition) is 16. The van der Waals surface area contributed by atoms with E-state index in [0.29, 0.717) is 0 Å². The highest BCUT2D eigenvalue weighted by Crippen LogP contribution is 2.32. The van der Waals surface area contributed by atoms with Crippen molar-refractivity contribution in [3.8, 4) is 0 Å². The van der Waals surface area contributed by atoms with E-state index in [4.69, 9.17) is 18.9 Å². The minimum absolute atomic E-state index is 0.826. The van der Waals surface area contributed by atoms with Crippen LogP contribution in [0.4, 0.5) is 0 Å². The van der Waals surface area contributed by atoms with Crippen LogP contribution in [0.25, 0.3) is 0 Å². The van der Waals surface area contributed by atoms with Crippen LogP contribution >= 0.6 is 0 Å². The third kappa shape index (κ3) is 5.30. The van der Waals surface area contributed by atoms with Gasteiger partial charge in [-0.15, -0.1) is 0 Å². The van der Waals surface area contributed by atoms with Crippen LogP contribution in [0, 0.1) is 0 Å². The van der Waals surface area contributed by atoms with Crippen molar-refractivity contribution in [3.05, 3.63) is 0 Å². The average molecular weight is 518 g/mol. The highest BCUT2D eigenvalue weighted by atomic mass is 16.7. The predicted molar refractivity (Wildman–Crippen MR) is 102 cm³/mol. The third-order valence-corrected chi connectivity index (χ3v) is 6.29. The van der Waals surface area contributed by atoms with Crippen LogP contribution in [-0.4, -0.2) is 172 Å². The summed E-state index contributed by atoms with van der Waals surface area (Å²) in [5.74, 6) is -1.78. The van der Waals surface area contributed by atoms with Gasteiger partial charge in [-0.25, -0.2) is 4.79 Å². The third-order valence-electron chi connectivity index (χ3n) is 6.29. The molecule has 35 heavy (non-hydrogen) atoms. The molecule has 0 aromatic rings. The monoisotopic (exact) mass is 518 g/mol. The first-order chi connectivity index (χ1) is 16.3. The molecule has 12 N–H and O–H groups in total. The molecule has 0 amide bonds. The fourth-order valence-corrected chi connectivity index (χ4v) is 4.15. The van der Waals surface area contributed by atoms with E-state index >= 15 is 0 Å². The molecule has 0 aromatic heterocycles. The second-order valence-corrected chi connectivity index (χ2v) is 8.60. The van der Waals surface area contributed by atoms with E-state index in [1.165, 1.54) is 0 Å². The molecule has 3 aliphatic rings. The highest BCUT2D eigenvalue weighted by Gasteiger charge is 2.55. The van der Waals surface area contributed by atoms with Gasteiger partial charge in [0.1, 0.15) is 79.4 Å². The lowest BCUT2D eigenvalue weighted by atomic mass is 9.84. The van der Waals surface area contributed by atoms with Crippen LogP contribution in [0.3, 0.4) is 0 Å². The van der Waals surface area contributed by atoms with Gasteiger partial charge in [0.05, 0.1) is 6.61 Å². The number of aliphatic hydroxyl groups is 11. The molecule has 2 aliphatic heterocycles. The zero-order chi connectivity index (χ0) is 26.4. The lowest BCUT2D eigenvalue weighted by Crippen LogP contribution is -2.68. The van der Waals surface area contributed by atoms with E-state index in [2.05, 4.69) is 0 Å². The molecule has 1 saturated carbocycles. The van der Waals surface area contributed by atoms with Crippen LogP contribution < -0.4 is 0 Å². The Kier molecular flexibility index (Phi) is 9.01. The second-order valence-electron chi connectivity index (χ2n) is 8.60. The zero-order valence-electron chi connectivity index (χ0n) is 17.9. The molecule has 1 aliphatic carbocycles. The number of rotatable bonds is 6. The van der Waals surface area contributed by atoms with E-state index in [9.17, 15) is 66.1 Å². The van der Waals surface area contributed by atoms with Gasteiger partial charge in [-0.1, -0.05) is 0 Å². The highest BCUT2D eigenvalue weighted by molar-refractivity contribution is 5.73. The molecule has 0 radical (unpaired) electrons. The molecule has 17 nitrogen and oxygen atoms in total. The van der Waals surface area contributed by atoms with Crippen LogP contribution in [0.15, 0.2) is 0 Å². The van der Waals surface area contributed by atoms with E-state index in [1.807, 2.05) is 0 Å². The maximum Gasteiger partial charge on any atom is 0.335 e. The maximum atomic E-state index is 11.8. The Labute approximate surface area is 196 Å². The molecule has 3 fully saturated rings. The Balaban J connectivity index is 1.77. The summed E-state index contributed by atoms with van der Waals surface area (Å²) >= 11 is 0. The summed E-state index contributed by atoms with van der Waals surface area (Å²) in [6.45, 7) is -0.826. The Morgan fingerprint density at radius 1 is 0.571 bits per heavy atom. The Morgan fingerprint density at radius 3 is 1.49 bits per heavy atom. The van der Waals surface area contributed by atoms with Crippen LogP contribution in [0.2, 0.25) is 0 Å². The summed E-state index contributed by atoms with van der Waals surface area (Å²) in [6, 6.07) is 0. The molecular weight excluding hydrogens is 488 g/mol. The predicted octanol–water partition coefficient (Wildman–Crippen LogP) is -8.09. The van der Waals surface area contributed by atoms with Gasteiger partial charge in [-0.2, -0.15) is 0 Å². The number of hydrogen-bond donors (Lipinski definition) is 12. The molecular formula is C18H30O17. The minimum atomic E-state index is -2.15. The largest absolute Gasteiger partial charge is 0.479 e. The molecule has 16 atom stereocenters. The Hall–Kier alpha value is -1.13. The Bertz CT molecular complexity index is 707. The molecule has 17 heteroatoms. The van der Waals surface area contributed by atoms with Crippen LogP contribution in [0.5, 0.6) is 0 Å². The maximum absolute atomic E-state index is 11.8. The number of carboxylic acid groups (broad SMARTS) is 1. The molecule has 2 unspecified atom stereocenters. The van der Waals surface area contributed by atoms with E-state index in [1.54, 1.807) is 0 Å². The van der Waals surface area contributed by atoms with Gasteiger partial charge in [-0.05, 0) is 0 Å². The van der Waals surface area contributed by atoms with Gasteiger partial charge in [0.15, 0.2) is 18.7 Å². The van der Waals surface area contributed by atoms with Gasteiger partial charge >= 0.3 is 5.97 Å². The summed E-state index contributed by atoms with van der Waals surface area (Å²) in [7, 11) is 0. The summed E-state index contributed by atoms with van der Waals surface area (Å²) in [5.41, 5.74) is 0. The molecule has 2 heterocycles. The fraction of sp³-hybridized carbons (Fsp3) is 0.944. The summed E-state index contributed by atoms with van der Waals surface area (Å²) < 4.78 is 20.6. The standard InChI is InChI=1S/C18H30O17/c19-1-2-3(20)4(21)11(28)17(32-2)34-14-10(27)12(29)18(35-15(14)16(30)31)33-13-8(25)6(23)5(22)7(24)9(13)26/h2-15,17-29H,1H2,(H,30,31)/t2-,3-,4+,5?,6-,7+,8+,9-,10-,11+,12-,13?,14+,15+,17-,18+/m1/s1. The van der Waals surface area contributed by atoms with Gasteiger partial charge < -0.3 is 80.2 Å². The number of ether oxygens (including phenoxy) is 4. The van der Waals surface area contributed by atoms with Crippen molar-refractivity contribution in [2.75, 3.05) is 6.61 Å². The van der Waals surface area contributed by atoms with Crippen molar-refractivity contribution in [1.82, 2.24) is 0 Å². The number of carboxylic acids is 1. The lowest BCUT2D eigenvalue weighted by Gasteiger charge is -2.47. The van der Waals surface area contributed by atoms with Gasteiger partial charge in [0.25, 0.3) is 0 Å². The topological polar surface area (TPSA) is 297 Å². The summed E-state index contributed by atoms with van der Waals surface area (Å²) in [5, 5.41) is 119. The van der Waals surface area contributed by atoms with Crippen molar-refractivity contribution >= 4 is 5.97 Å². The minimum Gasteiger partial charge on any atom is -0.479 e. The smallest absolute Gasteiger partial charge is 0.335 e. The molecule has 204 valence electrons. The molecule has 0 aromatic carbocycles. The first kappa shape index (κ1) is 28.4. The van der Waals surface area contributed by atoms with Crippen molar-refractivity contribution in [2.24, 2.45) is 0 Å². The molecule has 3 rings (SSSR count). The van der Waals surface area contributed by atoms with Gasteiger partial charge in [0, 0.05) is 0 Å². The summed E-state index contributed by atoms with van der Waals surface area (Å²) in [4.78, 5) is 11.8. The average Bonchev–Trinajstić information content (AvgIpc) is 2.83. The fourth-order valence-electron chi connectivity index (χ4n) is 4.15. The second kappa shape index (κ2) is 11.1. The molecule has 2 saturated heterocycles. The molecule has 0 spiro atoms. The first-order valence-corrected chi connectivity index (χ1v) is 10.6. The van der Waals surface area contributed by atoms with E-state index in [-0.39, 0.29) is 0 Å². The zero-order valence-corrected chi connectivity index (χ0v) is 17.9. The first-order valence-electron chi connectivity index (χ1n) is 10.6. The van der Waals surface area contributed by atoms with Gasteiger partial charge in [0.2, 0.25) is 0 Å². The number of aliphatic hydroxyl groups excluding tert-OH is 11. The van der Waals surface area contributed by atoms with E-state index < -0.39 is 111 Å². The van der Waals surface area contributed by atoms with Crippen LogP contribution in [-0.2, 0) is 23.7 Å². The van der Waals surface area contributed by atoms with Crippen molar-refractivity contribution in [1.29, 1.82) is 0 Å². The SMILES string of the molecule is O=C(O)[C@H]1O[C@H](OC2[C@@H](O)[C@H](O)C(O)[C@H](O)[C@H]2O)[C@H](O)[C@@H](O)[C@@H]1O[C@H]1O[C@H](CO)[C@@H](O)[C@H](O)[C@@H]1O. The summed E-state index contributed by atoms with van der Waals surface area (Å²) in [6.07, 6.45) is -31.3. The Morgan fingerprint density at radius 2 is 0.971 bits per heavy atom. The van der Waals surface area contributed by atoms with Crippen molar-refractivity contribution in [3.63, 3.8) is 0 Å². The van der Waals surface area contributed by atoms with E-state index in [0.717, 1.165) is 0 Å². The van der Waals surface area contributed by atoms with Crippen molar-refractivity contribution < 1.29 is 85.0 Å². The number of carbonyl (C=O) groups is 1. The molecule has 0 bridgehead atoms. The van der Waals surface area contributed by atoms with Crippen molar-refractivity contribution in [2.45, 2.75) is 98.0 Å². The van der Waals surface area contributed by atoms with Gasteiger partial charge in [-0.3, -0.25) is 0 Å². The lowest BCUT2D eigenvalue weighted by molar-refractivity contribution is -0.366.